The molecule has 1 N–H and O–H groups in total. The van der Waals surface area contributed by atoms with Crippen LogP contribution in [0.5, 0.6) is 0 Å². The first-order chi connectivity index (χ1) is 9.49. The number of carbonyl (C=O) groups excluding carboxylic acids is 2. The SMILES string of the molecule is CC1CCCN(c2cc3c(cc2F)C(=O)C(=O)N3)C1C. The third-order valence-corrected chi connectivity index (χ3v) is 4.47. The van der Waals surface area contributed by atoms with Crippen LogP contribution in [0.25, 0.3) is 0 Å². The molecule has 4 nitrogen and oxygen atoms in total. The number of anilines is 2. The summed E-state index contributed by atoms with van der Waals surface area (Å²) in [6, 6.07) is 3.00. The van der Waals surface area contributed by atoms with E-state index in [1.165, 1.54) is 6.07 Å². The van der Waals surface area contributed by atoms with Gasteiger partial charge >= 0.3 is 0 Å². The molecule has 5 heteroatoms. The second-order valence-corrected chi connectivity index (χ2v) is 5.69. The van der Waals surface area contributed by atoms with Gasteiger partial charge in [-0.25, -0.2) is 4.39 Å². The van der Waals surface area contributed by atoms with Crippen LogP contribution in [-0.4, -0.2) is 24.3 Å². The van der Waals surface area contributed by atoms with Crippen molar-refractivity contribution in [3.8, 4) is 0 Å². The Morgan fingerprint density at radius 3 is 2.80 bits per heavy atom. The predicted octanol–water partition coefficient (Wildman–Crippen LogP) is 2.59. The standard InChI is InChI=1S/C15H17FN2O2/c1-8-4-3-5-18(9(8)2)13-7-12-10(6-11(13)16)14(19)15(20)17-12/h6-9H,3-5H2,1-2H3,(H,17,19,20). The van der Waals surface area contributed by atoms with Crippen LogP contribution >= 0.6 is 0 Å². The van der Waals surface area contributed by atoms with Gasteiger partial charge in [0, 0.05) is 12.6 Å². The van der Waals surface area contributed by atoms with Crippen LogP contribution in [0, 0.1) is 11.7 Å². The molecule has 1 aromatic rings. The largest absolute Gasteiger partial charge is 0.366 e. The van der Waals surface area contributed by atoms with E-state index < -0.39 is 17.5 Å². The summed E-state index contributed by atoms with van der Waals surface area (Å²) in [5.41, 5.74) is 1.02. The van der Waals surface area contributed by atoms with E-state index in [4.69, 9.17) is 0 Å². The maximum Gasteiger partial charge on any atom is 0.296 e. The average molecular weight is 276 g/mol. The van der Waals surface area contributed by atoms with E-state index in [0.29, 0.717) is 17.3 Å². The van der Waals surface area contributed by atoms with Crippen molar-refractivity contribution in [1.29, 1.82) is 0 Å². The first-order valence-electron chi connectivity index (χ1n) is 6.95. The number of Topliss-reactive ketones (excluding diaryl/α,β-unsaturated/α-hetero) is 1. The summed E-state index contributed by atoms with van der Waals surface area (Å²) in [6.45, 7) is 5.04. The first kappa shape index (κ1) is 13.1. The first-order valence-corrected chi connectivity index (χ1v) is 6.95. The highest BCUT2D eigenvalue weighted by Gasteiger charge is 2.32. The monoisotopic (exact) mass is 276 g/mol. The fraction of sp³-hybridized carbons (Fsp3) is 0.467. The molecule has 2 heterocycles. The number of hydrogen-bond donors (Lipinski definition) is 1. The van der Waals surface area contributed by atoms with Crippen molar-refractivity contribution in [1.82, 2.24) is 0 Å². The number of rotatable bonds is 1. The van der Waals surface area contributed by atoms with Crippen LogP contribution in [0.4, 0.5) is 15.8 Å². The number of carbonyl (C=O) groups is 2. The predicted molar refractivity (Wildman–Crippen MR) is 74.6 cm³/mol. The summed E-state index contributed by atoms with van der Waals surface area (Å²) in [5, 5.41) is 2.50. The molecular formula is C15H17FN2O2. The van der Waals surface area contributed by atoms with Crippen molar-refractivity contribution >= 4 is 23.1 Å². The minimum absolute atomic E-state index is 0.133. The Morgan fingerprint density at radius 1 is 1.30 bits per heavy atom. The Morgan fingerprint density at radius 2 is 2.05 bits per heavy atom. The van der Waals surface area contributed by atoms with Gasteiger partial charge in [-0.2, -0.15) is 0 Å². The smallest absolute Gasteiger partial charge is 0.296 e. The normalized spacial score (nSPS) is 25.6. The fourth-order valence-electron chi connectivity index (χ4n) is 3.05. The molecule has 0 aromatic heterocycles. The van der Waals surface area contributed by atoms with E-state index in [1.807, 2.05) is 4.90 Å². The quantitative estimate of drug-likeness (QED) is 0.802. The lowest BCUT2D eigenvalue weighted by molar-refractivity contribution is -0.112. The van der Waals surface area contributed by atoms with E-state index in [9.17, 15) is 14.0 Å². The fourth-order valence-corrected chi connectivity index (χ4v) is 3.05. The van der Waals surface area contributed by atoms with Gasteiger partial charge in [0.05, 0.1) is 16.9 Å². The van der Waals surface area contributed by atoms with E-state index in [-0.39, 0.29) is 11.6 Å². The zero-order valence-corrected chi connectivity index (χ0v) is 11.6. The van der Waals surface area contributed by atoms with Crippen LogP contribution in [-0.2, 0) is 4.79 Å². The van der Waals surface area contributed by atoms with Crippen molar-refractivity contribution in [2.75, 3.05) is 16.8 Å². The molecule has 1 aromatic carbocycles. The maximum absolute atomic E-state index is 14.3. The van der Waals surface area contributed by atoms with Crippen LogP contribution in [0.1, 0.15) is 37.0 Å². The summed E-state index contributed by atoms with van der Waals surface area (Å²) in [6.07, 6.45) is 2.16. The number of fused-ring (bicyclic) bond motifs is 1. The molecule has 1 saturated heterocycles. The zero-order chi connectivity index (χ0) is 14.4. The van der Waals surface area contributed by atoms with E-state index in [0.717, 1.165) is 19.4 Å². The highest BCUT2D eigenvalue weighted by atomic mass is 19.1. The Kier molecular flexibility index (Phi) is 3.00. The second-order valence-electron chi connectivity index (χ2n) is 5.69. The van der Waals surface area contributed by atoms with Crippen LogP contribution in [0.2, 0.25) is 0 Å². The number of ketones is 1. The number of piperidine rings is 1. The molecular weight excluding hydrogens is 259 g/mol. The third-order valence-electron chi connectivity index (χ3n) is 4.47. The van der Waals surface area contributed by atoms with E-state index in [2.05, 4.69) is 19.2 Å². The number of hydrogen-bond acceptors (Lipinski definition) is 3. The number of nitrogens with zero attached hydrogens (tertiary/aromatic N) is 1. The van der Waals surface area contributed by atoms with Crippen LogP contribution in [0.3, 0.4) is 0 Å². The van der Waals surface area contributed by atoms with Gasteiger partial charge in [-0.1, -0.05) is 6.92 Å². The summed E-state index contributed by atoms with van der Waals surface area (Å²) >= 11 is 0. The Labute approximate surface area is 117 Å². The lowest BCUT2D eigenvalue weighted by Gasteiger charge is -2.39. The van der Waals surface area contributed by atoms with Crippen molar-refractivity contribution in [3.05, 3.63) is 23.5 Å². The van der Waals surface area contributed by atoms with E-state index >= 15 is 0 Å². The Bertz CT molecular complexity index is 600. The van der Waals surface area contributed by atoms with Gasteiger partial charge in [0.25, 0.3) is 11.7 Å². The number of benzene rings is 1. The minimum atomic E-state index is -0.684. The van der Waals surface area contributed by atoms with Crippen molar-refractivity contribution in [3.63, 3.8) is 0 Å². The van der Waals surface area contributed by atoms with Crippen molar-refractivity contribution < 1.29 is 14.0 Å². The van der Waals surface area contributed by atoms with Gasteiger partial charge < -0.3 is 10.2 Å². The topological polar surface area (TPSA) is 49.4 Å². The molecule has 1 fully saturated rings. The summed E-state index contributed by atoms with van der Waals surface area (Å²) in [4.78, 5) is 24.9. The average Bonchev–Trinajstić information content (AvgIpc) is 2.68. The van der Waals surface area contributed by atoms with Gasteiger partial charge in [0.1, 0.15) is 5.82 Å². The summed E-state index contributed by atoms with van der Waals surface area (Å²) < 4.78 is 14.3. The molecule has 2 unspecified atom stereocenters. The Hall–Kier alpha value is -1.91. The third kappa shape index (κ3) is 1.88. The lowest BCUT2D eigenvalue weighted by Crippen LogP contribution is -2.42. The number of amides is 1. The molecule has 0 saturated carbocycles. The van der Waals surface area contributed by atoms with Gasteiger partial charge in [0.15, 0.2) is 0 Å². The summed E-state index contributed by atoms with van der Waals surface area (Å²) in [7, 11) is 0. The molecule has 2 aliphatic heterocycles. The molecule has 20 heavy (non-hydrogen) atoms. The van der Waals surface area contributed by atoms with Gasteiger partial charge in [-0.15, -0.1) is 0 Å². The highest BCUT2D eigenvalue weighted by Crippen LogP contribution is 2.35. The van der Waals surface area contributed by atoms with Crippen molar-refractivity contribution in [2.45, 2.75) is 32.7 Å². The minimum Gasteiger partial charge on any atom is -0.366 e. The molecule has 106 valence electrons. The van der Waals surface area contributed by atoms with Crippen LogP contribution in [0.15, 0.2) is 12.1 Å². The van der Waals surface area contributed by atoms with E-state index in [1.54, 1.807) is 6.07 Å². The molecule has 2 atom stereocenters. The summed E-state index contributed by atoms with van der Waals surface area (Å²) in [5.74, 6) is -1.29. The second kappa shape index (κ2) is 4.58. The Balaban J connectivity index is 2.01. The number of halogens is 1. The van der Waals surface area contributed by atoms with Gasteiger partial charge in [-0.3, -0.25) is 9.59 Å². The molecule has 0 spiro atoms. The molecule has 1 amide bonds. The molecule has 2 aliphatic rings. The van der Waals surface area contributed by atoms with Gasteiger partial charge in [-0.05, 0) is 37.8 Å². The number of nitrogens with one attached hydrogen (secondary N) is 1. The highest BCUT2D eigenvalue weighted by molar-refractivity contribution is 6.51. The molecule has 0 bridgehead atoms. The molecule has 0 radical (unpaired) electrons. The van der Waals surface area contributed by atoms with Crippen LogP contribution < -0.4 is 10.2 Å². The lowest BCUT2D eigenvalue weighted by atomic mass is 9.91. The maximum atomic E-state index is 14.3. The zero-order valence-electron chi connectivity index (χ0n) is 11.6. The van der Waals surface area contributed by atoms with Crippen molar-refractivity contribution in [2.24, 2.45) is 5.92 Å². The molecule has 0 aliphatic carbocycles. The van der Waals surface area contributed by atoms with Gasteiger partial charge in [0.2, 0.25) is 0 Å². The molecule has 3 rings (SSSR count).